The summed E-state index contributed by atoms with van der Waals surface area (Å²) >= 11 is 1.01. The summed E-state index contributed by atoms with van der Waals surface area (Å²) in [4.78, 5) is 13.8. The number of hydrogen-bond donors (Lipinski definition) is 2. The zero-order valence-electron chi connectivity index (χ0n) is 12.0. The van der Waals surface area contributed by atoms with Gasteiger partial charge in [0, 0.05) is 26.1 Å². The standard InChI is InChI=1S/C12H20N4O3S2/c1-2-21(18,19)10-11(13)15-20-12(10)14-6-5-9(17)16-7-3-4-8-16/h14H,2-8H2,1H3,(H2,13,15). The molecule has 2 heterocycles. The Morgan fingerprint density at radius 1 is 1.43 bits per heavy atom. The average Bonchev–Trinajstić information content (AvgIpc) is 3.08. The van der Waals surface area contributed by atoms with Crippen LogP contribution in [0.1, 0.15) is 26.2 Å². The highest BCUT2D eigenvalue weighted by Gasteiger charge is 2.24. The molecule has 0 aromatic carbocycles. The number of hydrogen-bond acceptors (Lipinski definition) is 7. The summed E-state index contributed by atoms with van der Waals surface area (Å²) in [5, 5.41) is 3.40. The minimum atomic E-state index is -3.42. The van der Waals surface area contributed by atoms with Crippen molar-refractivity contribution in [3.05, 3.63) is 0 Å². The van der Waals surface area contributed by atoms with Gasteiger partial charge in [0.1, 0.15) is 9.90 Å². The lowest BCUT2D eigenvalue weighted by Crippen LogP contribution is -2.29. The number of likely N-dealkylation sites (tertiary alicyclic amines) is 1. The minimum absolute atomic E-state index is 0.0234. The van der Waals surface area contributed by atoms with E-state index in [1.54, 1.807) is 6.92 Å². The van der Waals surface area contributed by atoms with Crippen molar-refractivity contribution in [2.45, 2.75) is 31.1 Å². The van der Waals surface area contributed by atoms with Crippen LogP contribution in [0.25, 0.3) is 0 Å². The van der Waals surface area contributed by atoms with Crippen molar-refractivity contribution in [3.63, 3.8) is 0 Å². The maximum Gasteiger partial charge on any atom is 0.224 e. The second-order valence-corrected chi connectivity index (χ2v) is 7.88. The highest BCUT2D eigenvalue weighted by molar-refractivity contribution is 7.91. The smallest absolute Gasteiger partial charge is 0.224 e. The number of amides is 1. The lowest BCUT2D eigenvalue weighted by atomic mass is 10.3. The van der Waals surface area contributed by atoms with E-state index in [1.807, 2.05) is 4.90 Å². The molecule has 0 saturated carbocycles. The number of rotatable bonds is 6. The van der Waals surface area contributed by atoms with Gasteiger partial charge in [0.25, 0.3) is 0 Å². The van der Waals surface area contributed by atoms with Gasteiger partial charge in [-0.05, 0) is 24.4 Å². The van der Waals surface area contributed by atoms with Gasteiger partial charge in [0.15, 0.2) is 15.7 Å². The van der Waals surface area contributed by atoms with Crippen LogP contribution in [0.3, 0.4) is 0 Å². The van der Waals surface area contributed by atoms with Crippen LogP contribution in [0.15, 0.2) is 4.90 Å². The highest BCUT2D eigenvalue weighted by Crippen LogP contribution is 2.32. The van der Waals surface area contributed by atoms with Crippen LogP contribution in [0, 0.1) is 0 Å². The Morgan fingerprint density at radius 2 is 2.10 bits per heavy atom. The highest BCUT2D eigenvalue weighted by atomic mass is 32.2. The number of carbonyl (C=O) groups excluding carboxylic acids is 1. The molecule has 21 heavy (non-hydrogen) atoms. The number of nitrogens with two attached hydrogens (primary N) is 1. The molecule has 0 radical (unpaired) electrons. The summed E-state index contributed by atoms with van der Waals surface area (Å²) in [6, 6.07) is 0. The fourth-order valence-corrected chi connectivity index (χ4v) is 4.45. The number of carbonyl (C=O) groups is 1. The van der Waals surface area contributed by atoms with Crippen LogP contribution >= 0.6 is 11.5 Å². The van der Waals surface area contributed by atoms with Crippen LogP contribution in [0.4, 0.5) is 10.8 Å². The van der Waals surface area contributed by atoms with E-state index in [9.17, 15) is 13.2 Å². The van der Waals surface area contributed by atoms with Gasteiger partial charge in [-0.3, -0.25) is 4.79 Å². The summed E-state index contributed by atoms with van der Waals surface area (Å²) in [6.07, 6.45) is 2.45. The van der Waals surface area contributed by atoms with Gasteiger partial charge >= 0.3 is 0 Å². The fraction of sp³-hybridized carbons (Fsp3) is 0.667. The van der Waals surface area contributed by atoms with E-state index >= 15 is 0 Å². The Kier molecular flexibility index (Phi) is 5.04. The van der Waals surface area contributed by atoms with E-state index in [0.717, 1.165) is 37.5 Å². The van der Waals surface area contributed by atoms with Gasteiger partial charge in [-0.15, -0.1) is 0 Å². The monoisotopic (exact) mass is 332 g/mol. The van der Waals surface area contributed by atoms with Crippen molar-refractivity contribution in [1.29, 1.82) is 0 Å². The molecule has 118 valence electrons. The molecule has 0 unspecified atom stereocenters. The predicted molar refractivity (Wildman–Crippen MR) is 83.2 cm³/mol. The molecule has 3 N–H and O–H groups in total. The molecule has 0 spiro atoms. The molecule has 1 amide bonds. The largest absolute Gasteiger partial charge is 0.382 e. The Morgan fingerprint density at radius 3 is 2.71 bits per heavy atom. The second kappa shape index (κ2) is 6.61. The van der Waals surface area contributed by atoms with E-state index < -0.39 is 9.84 Å². The van der Waals surface area contributed by atoms with Gasteiger partial charge in [0.05, 0.1) is 5.75 Å². The molecule has 1 aliphatic heterocycles. The predicted octanol–water partition coefficient (Wildman–Crippen LogP) is 0.943. The first-order valence-corrected chi connectivity index (χ1v) is 9.38. The normalized spacial score (nSPS) is 15.4. The van der Waals surface area contributed by atoms with Gasteiger partial charge in [-0.25, -0.2) is 8.42 Å². The van der Waals surface area contributed by atoms with Gasteiger partial charge in [-0.2, -0.15) is 4.37 Å². The molecule has 9 heteroatoms. The summed E-state index contributed by atoms with van der Waals surface area (Å²) in [5.74, 6) is 0.0874. The van der Waals surface area contributed by atoms with Crippen LogP contribution in [-0.2, 0) is 14.6 Å². The quantitative estimate of drug-likeness (QED) is 0.803. The molecule has 1 aromatic heterocycles. The van der Waals surface area contributed by atoms with Gasteiger partial charge in [-0.1, -0.05) is 6.92 Å². The first-order chi connectivity index (χ1) is 9.95. The van der Waals surface area contributed by atoms with E-state index in [2.05, 4.69) is 9.69 Å². The third-order valence-electron chi connectivity index (χ3n) is 3.45. The number of nitrogens with one attached hydrogen (secondary N) is 1. The van der Waals surface area contributed by atoms with Crippen molar-refractivity contribution in [1.82, 2.24) is 9.27 Å². The molecule has 1 aromatic rings. The summed E-state index contributed by atoms with van der Waals surface area (Å²) < 4.78 is 27.9. The fourth-order valence-electron chi connectivity index (χ4n) is 2.26. The van der Waals surface area contributed by atoms with Crippen molar-refractivity contribution in [3.8, 4) is 0 Å². The first kappa shape index (κ1) is 16.0. The zero-order valence-corrected chi connectivity index (χ0v) is 13.6. The average molecular weight is 332 g/mol. The maximum atomic E-state index is 12.0. The Hall–Kier alpha value is -1.35. The van der Waals surface area contributed by atoms with E-state index in [-0.39, 0.29) is 22.4 Å². The molecule has 0 bridgehead atoms. The molecule has 0 atom stereocenters. The number of aromatic nitrogens is 1. The second-order valence-electron chi connectivity index (χ2n) is 4.89. The molecule has 0 aliphatic carbocycles. The molecule has 1 fully saturated rings. The minimum Gasteiger partial charge on any atom is -0.382 e. The number of nitrogens with zero attached hydrogens (tertiary/aromatic N) is 2. The van der Waals surface area contributed by atoms with Crippen LogP contribution in [0.5, 0.6) is 0 Å². The van der Waals surface area contributed by atoms with Crippen molar-refractivity contribution in [2.75, 3.05) is 36.4 Å². The summed E-state index contributed by atoms with van der Waals surface area (Å²) in [6.45, 7) is 3.58. The zero-order chi connectivity index (χ0) is 15.5. The van der Waals surface area contributed by atoms with E-state index in [1.165, 1.54) is 0 Å². The lowest BCUT2D eigenvalue weighted by Gasteiger charge is -2.15. The number of nitrogen functional groups attached to an aromatic ring is 1. The Bertz CT molecular complexity index is 606. The molecule has 7 nitrogen and oxygen atoms in total. The van der Waals surface area contributed by atoms with Crippen molar-refractivity contribution < 1.29 is 13.2 Å². The third kappa shape index (κ3) is 3.65. The Balaban J connectivity index is 1.96. The third-order valence-corrected chi connectivity index (χ3v) is 6.19. The topological polar surface area (TPSA) is 105 Å². The van der Waals surface area contributed by atoms with Crippen LogP contribution in [0.2, 0.25) is 0 Å². The summed E-state index contributed by atoms with van der Waals surface area (Å²) in [5.41, 5.74) is 5.64. The van der Waals surface area contributed by atoms with Crippen LogP contribution in [-0.4, -0.2) is 49.0 Å². The molecular weight excluding hydrogens is 312 g/mol. The van der Waals surface area contributed by atoms with E-state index in [4.69, 9.17) is 5.73 Å². The molecule has 2 rings (SSSR count). The number of anilines is 2. The van der Waals surface area contributed by atoms with E-state index in [0.29, 0.717) is 18.0 Å². The van der Waals surface area contributed by atoms with Gasteiger partial charge < -0.3 is 16.0 Å². The molecule has 1 aliphatic rings. The SMILES string of the molecule is CCS(=O)(=O)c1c(N)nsc1NCCC(=O)N1CCCC1. The maximum absolute atomic E-state index is 12.0. The molecular formula is C12H20N4O3S2. The number of sulfone groups is 1. The Labute approximate surface area is 128 Å². The lowest BCUT2D eigenvalue weighted by molar-refractivity contribution is -0.129. The van der Waals surface area contributed by atoms with Gasteiger partial charge in [0.2, 0.25) is 5.91 Å². The first-order valence-electron chi connectivity index (χ1n) is 6.95. The van der Waals surface area contributed by atoms with Crippen LogP contribution < -0.4 is 11.1 Å². The molecule has 1 saturated heterocycles. The summed E-state index contributed by atoms with van der Waals surface area (Å²) in [7, 11) is -3.42. The van der Waals surface area contributed by atoms with Crippen molar-refractivity contribution >= 4 is 38.1 Å². The van der Waals surface area contributed by atoms with Crippen molar-refractivity contribution in [2.24, 2.45) is 0 Å².